The molecule has 2 aromatic carbocycles. The molecule has 0 unspecified atom stereocenters. The standard InChI is InChI=1S/C22H16F4N6/c1-3-12-4-5-13(9-16(12)23)18-6-7-20-27-28-21(32(20)30-18)22(25,26)15-8-14-11-31(2)29-19(14)10-17(15)24/h4-11H,3H2,1-2H3. The van der Waals surface area contributed by atoms with Gasteiger partial charge in [0.15, 0.2) is 5.65 Å². The van der Waals surface area contributed by atoms with E-state index in [2.05, 4.69) is 20.4 Å². The molecular formula is C22H16F4N6. The van der Waals surface area contributed by atoms with Crippen molar-refractivity contribution in [3.05, 3.63) is 77.2 Å². The van der Waals surface area contributed by atoms with Crippen LogP contribution in [-0.4, -0.2) is 29.6 Å². The normalized spacial score (nSPS) is 12.2. The molecule has 0 aliphatic carbocycles. The van der Waals surface area contributed by atoms with Crippen LogP contribution < -0.4 is 0 Å². The van der Waals surface area contributed by atoms with Gasteiger partial charge in [-0.1, -0.05) is 19.1 Å². The van der Waals surface area contributed by atoms with Gasteiger partial charge < -0.3 is 0 Å². The highest BCUT2D eigenvalue weighted by molar-refractivity contribution is 5.79. The number of fused-ring (bicyclic) bond motifs is 2. The lowest BCUT2D eigenvalue weighted by atomic mass is 10.0. The van der Waals surface area contributed by atoms with Crippen LogP contribution in [-0.2, 0) is 19.4 Å². The molecule has 0 fully saturated rings. The zero-order valence-corrected chi connectivity index (χ0v) is 17.0. The minimum absolute atomic E-state index is 0.0527. The van der Waals surface area contributed by atoms with E-state index in [1.807, 2.05) is 6.92 Å². The summed E-state index contributed by atoms with van der Waals surface area (Å²) in [6.45, 7) is 1.83. The van der Waals surface area contributed by atoms with Gasteiger partial charge in [0.25, 0.3) is 0 Å². The number of aryl methyl sites for hydroxylation is 2. The zero-order chi connectivity index (χ0) is 22.6. The molecule has 0 aliphatic rings. The van der Waals surface area contributed by atoms with Crippen LogP contribution in [0.25, 0.3) is 27.8 Å². The van der Waals surface area contributed by atoms with Crippen molar-refractivity contribution in [3.8, 4) is 11.3 Å². The van der Waals surface area contributed by atoms with Crippen LogP contribution in [0.15, 0.2) is 48.7 Å². The van der Waals surface area contributed by atoms with Crippen LogP contribution in [0.4, 0.5) is 17.6 Å². The number of aromatic nitrogens is 6. The molecule has 0 saturated carbocycles. The summed E-state index contributed by atoms with van der Waals surface area (Å²) in [6, 6.07) is 9.56. The molecule has 0 atom stereocenters. The number of benzene rings is 2. The monoisotopic (exact) mass is 440 g/mol. The van der Waals surface area contributed by atoms with Crippen LogP contribution in [0.1, 0.15) is 23.9 Å². The fraction of sp³-hybridized carbons (Fsp3) is 0.182. The number of hydrogen-bond acceptors (Lipinski definition) is 4. The number of rotatable bonds is 4. The second-order valence-corrected chi connectivity index (χ2v) is 7.44. The average molecular weight is 440 g/mol. The van der Waals surface area contributed by atoms with E-state index >= 15 is 8.78 Å². The minimum Gasteiger partial charge on any atom is -0.275 e. The molecule has 162 valence electrons. The molecule has 0 radical (unpaired) electrons. The molecule has 0 amide bonds. The number of nitrogens with zero attached hydrogens (tertiary/aromatic N) is 6. The van der Waals surface area contributed by atoms with E-state index in [4.69, 9.17) is 0 Å². The maximum atomic E-state index is 15.5. The van der Waals surface area contributed by atoms with E-state index in [1.165, 1.54) is 29.1 Å². The van der Waals surface area contributed by atoms with Crippen LogP contribution in [0.2, 0.25) is 0 Å². The van der Waals surface area contributed by atoms with Crippen LogP contribution in [0.5, 0.6) is 0 Å². The largest absolute Gasteiger partial charge is 0.336 e. The highest BCUT2D eigenvalue weighted by atomic mass is 19.3. The first-order valence-corrected chi connectivity index (χ1v) is 9.81. The molecule has 5 rings (SSSR count). The van der Waals surface area contributed by atoms with Gasteiger partial charge in [-0.2, -0.15) is 23.5 Å². The lowest BCUT2D eigenvalue weighted by Gasteiger charge is -2.15. The predicted molar refractivity (Wildman–Crippen MR) is 109 cm³/mol. The number of halogens is 4. The SMILES string of the molecule is CCc1ccc(-c2ccc3nnc(C(F)(F)c4cc5cn(C)nc5cc4F)n3n2)cc1F. The van der Waals surface area contributed by atoms with Crippen molar-refractivity contribution in [1.29, 1.82) is 0 Å². The van der Waals surface area contributed by atoms with Crippen molar-refractivity contribution in [3.63, 3.8) is 0 Å². The van der Waals surface area contributed by atoms with Gasteiger partial charge in [0.05, 0.1) is 16.8 Å². The van der Waals surface area contributed by atoms with E-state index < -0.39 is 28.9 Å². The Morgan fingerprint density at radius 3 is 2.50 bits per heavy atom. The van der Waals surface area contributed by atoms with Crippen molar-refractivity contribution < 1.29 is 17.6 Å². The predicted octanol–water partition coefficient (Wildman–Crippen LogP) is 4.66. The first kappa shape index (κ1) is 20.1. The van der Waals surface area contributed by atoms with E-state index in [0.717, 1.165) is 16.6 Å². The van der Waals surface area contributed by atoms with Crippen molar-refractivity contribution in [2.24, 2.45) is 7.05 Å². The second kappa shape index (κ2) is 7.11. The molecule has 3 heterocycles. The fourth-order valence-corrected chi connectivity index (χ4v) is 3.66. The summed E-state index contributed by atoms with van der Waals surface area (Å²) in [6.07, 6.45) is 2.04. The third-order valence-corrected chi connectivity index (χ3v) is 5.32. The lowest BCUT2D eigenvalue weighted by Crippen LogP contribution is -2.22. The summed E-state index contributed by atoms with van der Waals surface area (Å²) >= 11 is 0. The Morgan fingerprint density at radius 2 is 1.75 bits per heavy atom. The summed E-state index contributed by atoms with van der Waals surface area (Å²) in [5.41, 5.74) is 0.641. The van der Waals surface area contributed by atoms with Crippen molar-refractivity contribution in [1.82, 2.24) is 29.6 Å². The first-order chi connectivity index (χ1) is 15.3. The highest BCUT2D eigenvalue weighted by Crippen LogP contribution is 2.37. The van der Waals surface area contributed by atoms with Gasteiger partial charge in [-0.25, -0.2) is 8.78 Å². The summed E-state index contributed by atoms with van der Waals surface area (Å²) in [7, 11) is 1.61. The smallest absolute Gasteiger partial charge is 0.275 e. The molecule has 0 saturated heterocycles. The third-order valence-electron chi connectivity index (χ3n) is 5.32. The van der Waals surface area contributed by atoms with Gasteiger partial charge >= 0.3 is 5.92 Å². The van der Waals surface area contributed by atoms with Gasteiger partial charge in [0, 0.05) is 30.3 Å². The van der Waals surface area contributed by atoms with E-state index in [1.54, 1.807) is 19.2 Å². The molecule has 6 nitrogen and oxygen atoms in total. The maximum Gasteiger partial charge on any atom is 0.336 e. The molecule has 0 bridgehead atoms. The summed E-state index contributed by atoms with van der Waals surface area (Å²) in [4.78, 5) is 0. The summed E-state index contributed by atoms with van der Waals surface area (Å²) in [5, 5.41) is 15.9. The van der Waals surface area contributed by atoms with Crippen LogP contribution in [0, 0.1) is 11.6 Å². The first-order valence-electron chi connectivity index (χ1n) is 9.81. The molecule has 0 N–H and O–H groups in total. The summed E-state index contributed by atoms with van der Waals surface area (Å²) < 4.78 is 62.0. The van der Waals surface area contributed by atoms with Crippen LogP contribution >= 0.6 is 0 Å². The van der Waals surface area contributed by atoms with Crippen LogP contribution in [0.3, 0.4) is 0 Å². The van der Waals surface area contributed by atoms with Crippen molar-refractivity contribution in [2.45, 2.75) is 19.3 Å². The molecule has 10 heteroatoms. The van der Waals surface area contributed by atoms with Crippen molar-refractivity contribution >= 4 is 16.6 Å². The van der Waals surface area contributed by atoms with Gasteiger partial charge in [0.1, 0.15) is 11.6 Å². The molecule has 5 aromatic rings. The third kappa shape index (κ3) is 3.10. The Morgan fingerprint density at radius 1 is 0.938 bits per heavy atom. The molecule has 0 aliphatic heterocycles. The fourth-order valence-electron chi connectivity index (χ4n) is 3.66. The van der Waals surface area contributed by atoms with E-state index in [0.29, 0.717) is 22.9 Å². The lowest BCUT2D eigenvalue weighted by molar-refractivity contribution is 0.0270. The molecule has 0 spiro atoms. The van der Waals surface area contributed by atoms with Gasteiger partial charge in [-0.05, 0) is 36.2 Å². The molecule has 3 aromatic heterocycles. The molecule has 32 heavy (non-hydrogen) atoms. The van der Waals surface area contributed by atoms with E-state index in [9.17, 15) is 8.78 Å². The second-order valence-electron chi connectivity index (χ2n) is 7.44. The Balaban J connectivity index is 1.65. The number of alkyl halides is 2. The highest BCUT2D eigenvalue weighted by Gasteiger charge is 2.42. The van der Waals surface area contributed by atoms with Gasteiger partial charge in [-0.15, -0.1) is 10.2 Å². The Kier molecular flexibility index (Phi) is 4.47. The molecular weight excluding hydrogens is 424 g/mol. The van der Waals surface area contributed by atoms with Gasteiger partial charge in [0.2, 0.25) is 5.82 Å². The van der Waals surface area contributed by atoms with E-state index in [-0.39, 0.29) is 16.9 Å². The topological polar surface area (TPSA) is 60.9 Å². The number of hydrogen-bond donors (Lipinski definition) is 0. The zero-order valence-electron chi connectivity index (χ0n) is 17.0. The Labute approximate surface area is 179 Å². The quantitative estimate of drug-likeness (QED) is 0.382. The minimum atomic E-state index is -3.84. The Hall–Kier alpha value is -3.82. The van der Waals surface area contributed by atoms with Crippen molar-refractivity contribution in [2.75, 3.05) is 0 Å². The average Bonchev–Trinajstić information content (AvgIpc) is 3.35. The Bertz CT molecular complexity index is 1490. The maximum absolute atomic E-state index is 15.5. The summed E-state index contributed by atoms with van der Waals surface area (Å²) in [5.74, 6) is -6.21. The van der Waals surface area contributed by atoms with Gasteiger partial charge in [-0.3, -0.25) is 4.68 Å².